The summed E-state index contributed by atoms with van der Waals surface area (Å²) in [6.45, 7) is 4.07. The largest absolute Gasteiger partial charge is 0.355 e. The number of rotatable bonds is 4. The van der Waals surface area contributed by atoms with Gasteiger partial charge in [0.2, 0.25) is 0 Å². The Kier molecular flexibility index (Phi) is 4.37. The van der Waals surface area contributed by atoms with Gasteiger partial charge in [-0.05, 0) is 49.7 Å². The molecule has 0 spiro atoms. The van der Waals surface area contributed by atoms with E-state index < -0.39 is 0 Å². The Bertz CT molecular complexity index is 1130. The summed E-state index contributed by atoms with van der Waals surface area (Å²) in [6, 6.07) is 11.4. The van der Waals surface area contributed by atoms with Crippen LogP contribution >= 0.6 is 11.3 Å². The van der Waals surface area contributed by atoms with Gasteiger partial charge in [-0.1, -0.05) is 6.07 Å². The molecule has 0 saturated carbocycles. The van der Waals surface area contributed by atoms with Crippen molar-refractivity contribution in [2.45, 2.75) is 13.8 Å². The van der Waals surface area contributed by atoms with Gasteiger partial charge in [0.15, 0.2) is 5.13 Å². The molecule has 0 radical (unpaired) electrons. The number of carbonyl (C=O) groups excluding carboxylic acids is 1. The highest BCUT2D eigenvalue weighted by molar-refractivity contribution is 7.14. The van der Waals surface area contributed by atoms with Crippen molar-refractivity contribution >= 4 is 33.7 Å². The molecule has 0 fully saturated rings. The average molecular weight is 377 g/mol. The number of aryl methyl sites for hydroxylation is 2. The first-order chi connectivity index (χ1) is 13.0. The summed E-state index contributed by atoms with van der Waals surface area (Å²) in [7, 11) is 1.62. The standard InChI is InChI=1S/C20H19N5OS/c1-12-4-9-17-22-13(2)18(25(17)10-12)16-11-27-20(24-16)23-15-7-5-14(6-8-15)19(26)21-3/h4-11H,1-3H3,(H,21,26)(H,23,24). The van der Waals surface area contributed by atoms with E-state index in [1.54, 1.807) is 19.2 Å². The molecular weight excluding hydrogens is 358 g/mol. The summed E-state index contributed by atoms with van der Waals surface area (Å²) < 4.78 is 2.08. The quantitative estimate of drug-likeness (QED) is 0.560. The summed E-state index contributed by atoms with van der Waals surface area (Å²) in [5, 5.41) is 8.73. The SMILES string of the molecule is CNC(=O)c1ccc(Nc2nc(-c3c(C)nc4ccc(C)cn34)cs2)cc1. The van der Waals surface area contributed by atoms with E-state index in [0.717, 1.165) is 33.5 Å². The third-order valence-electron chi connectivity index (χ3n) is 4.31. The van der Waals surface area contributed by atoms with Crippen LogP contribution in [0.5, 0.6) is 0 Å². The molecule has 0 bridgehead atoms. The zero-order valence-corrected chi connectivity index (χ0v) is 16.1. The van der Waals surface area contributed by atoms with E-state index in [-0.39, 0.29) is 5.91 Å². The fraction of sp³-hybridized carbons (Fsp3) is 0.150. The smallest absolute Gasteiger partial charge is 0.251 e. The van der Waals surface area contributed by atoms with Crippen molar-refractivity contribution in [2.24, 2.45) is 0 Å². The third kappa shape index (κ3) is 3.29. The maximum Gasteiger partial charge on any atom is 0.251 e. The Morgan fingerprint density at radius 3 is 2.59 bits per heavy atom. The molecule has 1 amide bonds. The summed E-state index contributed by atoms with van der Waals surface area (Å²) in [5.74, 6) is -0.100. The number of hydrogen-bond donors (Lipinski definition) is 2. The van der Waals surface area contributed by atoms with Crippen molar-refractivity contribution in [2.75, 3.05) is 12.4 Å². The van der Waals surface area contributed by atoms with Crippen molar-refractivity contribution in [1.29, 1.82) is 0 Å². The number of hydrogen-bond acceptors (Lipinski definition) is 5. The van der Waals surface area contributed by atoms with Crippen molar-refractivity contribution in [3.8, 4) is 11.4 Å². The Hall–Kier alpha value is -3.19. The molecule has 0 aliphatic rings. The molecule has 0 aliphatic carbocycles. The predicted molar refractivity (Wildman–Crippen MR) is 109 cm³/mol. The highest BCUT2D eigenvalue weighted by atomic mass is 32.1. The minimum Gasteiger partial charge on any atom is -0.355 e. The van der Waals surface area contributed by atoms with Crippen LogP contribution in [0.15, 0.2) is 48.0 Å². The second kappa shape index (κ2) is 6.85. The van der Waals surface area contributed by atoms with Gasteiger partial charge in [-0.2, -0.15) is 0 Å². The number of nitrogens with one attached hydrogen (secondary N) is 2. The van der Waals surface area contributed by atoms with Crippen LogP contribution in [0.4, 0.5) is 10.8 Å². The lowest BCUT2D eigenvalue weighted by Crippen LogP contribution is -2.17. The van der Waals surface area contributed by atoms with Crippen LogP contribution in [0, 0.1) is 13.8 Å². The molecule has 0 unspecified atom stereocenters. The lowest BCUT2D eigenvalue weighted by Gasteiger charge is -2.04. The molecule has 2 N–H and O–H groups in total. The first-order valence-electron chi connectivity index (χ1n) is 8.55. The van der Waals surface area contributed by atoms with E-state index in [1.165, 1.54) is 16.9 Å². The summed E-state index contributed by atoms with van der Waals surface area (Å²) in [6.07, 6.45) is 2.08. The molecule has 136 valence electrons. The van der Waals surface area contributed by atoms with Crippen molar-refractivity contribution < 1.29 is 4.79 Å². The molecular formula is C20H19N5OS. The molecule has 1 aromatic carbocycles. The number of aromatic nitrogens is 3. The van der Waals surface area contributed by atoms with Crippen molar-refractivity contribution in [1.82, 2.24) is 19.7 Å². The minimum atomic E-state index is -0.100. The van der Waals surface area contributed by atoms with Crippen LogP contribution in [0.1, 0.15) is 21.6 Å². The highest BCUT2D eigenvalue weighted by Gasteiger charge is 2.14. The molecule has 0 atom stereocenters. The number of nitrogens with zero attached hydrogens (tertiary/aromatic N) is 3. The van der Waals surface area contributed by atoms with Gasteiger partial charge >= 0.3 is 0 Å². The molecule has 27 heavy (non-hydrogen) atoms. The molecule has 4 rings (SSSR count). The minimum absolute atomic E-state index is 0.100. The molecule has 3 heterocycles. The number of imidazole rings is 1. The third-order valence-corrected chi connectivity index (χ3v) is 5.07. The van der Waals surface area contributed by atoms with E-state index in [0.29, 0.717) is 5.56 Å². The van der Waals surface area contributed by atoms with E-state index >= 15 is 0 Å². The molecule has 7 heteroatoms. The Morgan fingerprint density at radius 1 is 1.07 bits per heavy atom. The topological polar surface area (TPSA) is 71.3 Å². The Balaban J connectivity index is 1.62. The van der Waals surface area contributed by atoms with Gasteiger partial charge < -0.3 is 10.6 Å². The maximum atomic E-state index is 11.6. The fourth-order valence-electron chi connectivity index (χ4n) is 2.99. The Labute approximate surface area is 160 Å². The number of fused-ring (bicyclic) bond motifs is 1. The second-order valence-electron chi connectivity index (χ2n) is 6.30. The summed E-state index contributed by atoms with van der Waals surface area (Å²) in [4.78, 5) is 21.0. The first-order valence-corrected chi connectivity index (χ1v) is 9.43. The van der Waals surface area contributed by atoms with Crippen LogP contribution in [0.25, 0.3) is 17.0 Å². The van der Waals surface area contributed by atoms with Gasteiger partial charge in [-0.15, -0.1) is 11.3 Å². The molecule has 6 nitrogen and oxygen atoms in total. The lowest BCUT2D eigenvalue weighted by molar-refractivity contribution is 0.0963. The van der Waals surface area contributed by atoms with E-state index in [9.17, 15) is 4.79 Å². The first kappa shape index (κ1) is 17.2. The summed E-state index contributed by atoms with van der Waals surface area (Å²) >= 11 is 1.54. The normalized spacial score (nSPS) is 10.9. The van der Waals surface area contributed by atoms with E-state index in [2.05, 4.69) is 39.2 Å². The predicted octanol–water partition coefficient (Wildman–Crippen LogP) is 4.18. The highest BCUT2D eigenvalue weighted by Crippen LogP contribution is 2.30. The molecule has 4 aromatic rings. The van der Waals surface area contributed by atoms with Crippen LogP contribution in [-0.2, 0) is 0 Å². The zero-order valence-electron chi connectivity index (χ0n) is 15.3. The van der Waals surface area contributed by atoms with Gasteiger partial charge in [0.1, 0.15) is 11.3 Å². The maximum absolute atomic E-state index is 11.6. The van der Waals surface area contributed by atoms with Gasteiger partial charge in [0.05, 0.1) is 11.4 Å². The number of benzene rings is 1. The van der Waals surface area contributed by atoms with Gasteiger partial charge in [-0.25, -0.2) is 9.97 Å². The number of amides is 1. The lowest BCUT2D eigenvalue weighted by atomic mass is 10.2. The van der Waals surface area contributed by atoms with Crippen LogP contribution in [0.2, 0.25) is 0 Å². The second-order valence-corrected chi connectivity index (χ2v) is 7.16. The van der Waals surface area contributed by atoms with Crippen molar-refractivity contribution in [3.05, 3.63) is 64.8 Å². The Morgan fingerprint density at radius 2 is 1.85 bits per heavy atom. The van der Waals surface area contributed by atoms with Crippen LogP contribution < -0.4 is 10.6 Å². The fourth-order valence-corrected chi connectivity index (χ4v) is 3.71. The molecule has 0 saturated heterocycles. The number of thiazole rings is 1. The number of carbonyl (C=O) groups is 1. The van der Waals surface area contributed by atoms with E-state index in [4.69, 9.17) is 4.98 Å². The van der Waals surface area contributed by atoms with Gasteiger partial charge in [0, 0.05) is 29.9 Å². The molecule has 3 aromatic heterocycles. The van der Waals surface area contributed by atoms with Crippen molar-refractivity contribution in [3.63, 3.8) is 0 Å². The zero-order chi connectivity index (χ0) is 19.0. The molecule has 0 aliphatic heterocycles. The average Bonchev–Trinajstić information content (AvgIpc) is 3.24. The number of pyridine rings is 1. The summed E-state index contributed by atoms with van der Waals surface area (Å²) in [5.41, 5.74) is 6.45. The van der Waals surface area contributed by atoms with Gasteiger partial charge in [0.25, 0.3) is 5.91 Å². The van der Waals surface area contributed by atoms with E-state index in [1.807, 2.05) is 30.5 Å². The monoisotopic (exact) mass is 377 g/mol. The van der Waals surface area contributed by atoms with Crippen LogP contribution in [-0.4, -0.2) is 27.3 Å². The van der Waals surface area contributed by atoms with Gasteiger partial charge in [-0.3, -0.25) is 9.20 Å². The number of anilines is 2. The van der Waals surface area contributed by atoms with Crippen LogP contribution in [0.3, 0.4) is 0 Å².